The summed E-state index contributed by atoms with van der Waals surface area (Å²) in [6.45, 7) is 4.18. The van der Waals surface area contributed by atoms with Crippen LogP contribution < -0.4 is 5.32 Å². The fourth-order valence-corrected chi connectivity index (χ4v) is 3.53. The molecule has 1 aliphatic heterocycles. The zero-order valence-corrected chi connectivity index (χ0v) is 11.9. The number of hydrogen-bond donors (Lipinski definition) is 1. The molecule has 19 heavy (non-hydrogen) atoms. The van der Waals surface area contributed by atoms with Gasteiger partial charge >= 0.3 is 0 Å². The molecule has 2 atom stereocenters. The molecule has 0 spiro atoms. The number of nitrogens with one attached hydrogen (secondary N) is 1. The number of thioether (sulfide) groups is 1. The van der Waals surface area contributed by atoms with Gasteiger partial charge in [-0.2, -0.15) is 16.4 Å². The Bertz CT molecular complexity index is 568. The van der Waals surface area contributed by atoms with Crippen LogP contribution in [0.3, 0.4) is 0 Å². The van der Waals surface area contributed by atoms with Crippen LogP contribution in [0, 0.1) is 6.92 Å². The zero-order valence-electron chi connectivity index (χ0n) is 11.1. The van der Waals surface area contributed by atoms with E-state index in [0.29, 0.717) is 11.3 Å². The van der Waals surface area contributed by atoms with Gasteiger partial charge in [0.1, 0.15) is 0 Å². The molecule has 0 saturated carbocycles. The van der Waals surface area contributed by atoms with Crippen molar-refractivity contribution in [2.45, 2.75) is 31.6 Å². The van der Waals surface area contributed by atoms with Crippen LogP contribution in [-0.4, -0.2) is 37.3 Å². The largest absolute Gasteiger partial charge is 0.381 e. The van der Waals surface area contributed by atoms with Crippen LogP contribution in [-0.2, 0) is 0 Å². The lowest BCUT2D eigenvalue weighted by Gasteiger charge is -2.18. The highest BCUT2D eigenvalue weighted by molar-refractivity contribution is 8.00. The number of rotatable bonds is 3. The lowest BCUT2D eigenvalue weighted by atomic mass is 10.1. The van der Waals surface area contributed by atoms with Gasteiger partial charge in [0, 0.05) is 17.0 Å². The summed E-state index contributed by atoms with van der Waals surface area (Å²) in [6.07, 6.45) is 1.22. The molecule has 1 aromatic carbocycles. The maximum absolute atomic E-state index is 4.00. The van der Waals surface area contributed by atoms with Crippen molar-refractivity contribution in [2.24, 2.45) is 0 Å². The molecule has 1 aromatic heterocycles. The molecule has 1 fully saturated rings. The summed E-state index contributed by atoms with van der Waals surface area (Å²) in [5.41, 5.74) is 2.12. The maximum Gasteiger partial charge on any atom is 0.153 e. The third-order valence-electron chi connectivity index (χ3n) is 3.44. The van der Waals surface area contributed by atoms with Gasteiger partial charge < -0.3 is 5.32 Å². The van der Waals surface area contributed by atoms with Crippen LogP contribution in [0.4, 0.5) is 5.69 Å². The zero-order chi connectivity index (χ0) is 13.2. The van der Waals surface area contributed by atoms with Gasteiger partial charge in [0.25, 0.3) is 0 Å². The molecule has 2 unspecified atom stereocenters. The summed E-state index contributed by atoms with van der Waals surface area (Å²) >= 11 is 2.03. The van der Waals surface area contributed by atoms with Crippen molar-refractivity contribution in [3.8, 4) is 5.69 Å². The van der Waals surface area contributed by atoms with E-state index in [1.54, 1.807) is 4.68 Å². The van der Waals surface area contributed by atoms with Gasteiger partial charge in [0.05, 0.1) is 5.69 Å². The lowest BCUT2D eigenvalue weighted by Crippen LogP contribution is -2.24. The number of hydrogen-bond acceptors (Lipinski definition) is 5. The first kappa shape index (κ1) is 12.5. The average Bonchev–Trinajstić information content (AvgIpc) is 3.00. The first-order valence-electron chi connectivity index (χ1n) is 6.47. The highest BCUT2D eigenvalue weighted by Crippen LogP contribution is 2.29. The third-order valence-corrected chi connectivity index (χ3v) is 4.77. The van der Waals surface area contributed by atoms with E-state index in [1.165, 1.54) is 12.2 Å². The molecule has 100 valence electrons. The normalized spacial score (nSPS) is 22.6. The molecular weight excluding hydrogens is 258 g/mol. The molecular formula is C13H17N5S. The quantitative estimate of drug-likeness (QED) is 0.931. The fraction of sp³-hybridized carbons (Fsp3) is 0.462. The van der Waals surface area contributed by atoms with Crippen LogP contribution in [0.15, 0.2) is 24.3 Å². The second-order valence-corrected chi connectivity index (χ2v) is 6.29. The number of tetrazole rings is 1. The number of benzene rings is 1. The van der Waals surface area contributed by atoms with E-state index >= 15 is 0 Å². The first-order chi connectivity index (χ1) is 9.24. The molecule has 0 bridgehead atoms. The molecule has 3 rings (SSSR count). The average molecular weight is 275 g/mol. The Kier molecular flexibility index (Phi) is 3.42. The fourth-order valence-electron chi connectivity index (χ4n) is 2.33. The summed E-state index contributed by atoms with van der Waals surface area (Å²) in [4.78, 5) is 0. The topological polar surface area (TPSA) is 55.6 Å². The number of anilines is 1. The van der Waals surface area contributed by atoms with Crippen molar-refractivity contribution >= 4 is 17.4 Å². The molecule has 1 N–H and O–H groups in total. The van der Waals surface area contributed by atoms with E-state index in [9.17, 15) is 0 Å². The number of nitrogens with zero attached hydrogens (tertiary/aromatic N) is 4. The van der Waals surface area contributed by atoms with Crippen molar-refractivity contribution in [3.05, 3.63) is 30.1 Å². The molecule has 5 nitrogen and oxygen atoms in total. The van der Waals surface area contributed by atoms with Gasteiger partial charge in [-0.05, 0) is 47.7 Å². The molecule has 0 aliphatic carbocycles. The molecule has 1 saturated heterocycles. The van der Waals surface area contributed by atoms with Crippen molar-refractivity contribution in [1.82, 2.24) is 20.2 Å². The Morgan fingerprint density at radius 2 is 2.32 bits per heavy atom. The van der Waals surface area contributed by atoms with Gasteiger partial charge in [-0.25, -0.2) is 0 Å². The Labute approximate surface area is 116 Å². The standard InChI is InChI=1S/C13H17N5S/c1-9-13(6-7-19-9)14-11-4-3-5-12(8-11)18-10(2)15-16-17-18/h3-5,8-9,13-14H,6-7H2,1-2H3. The Morgan fingerprint density at radius 3 is 3.00 bits per heavy atom. The van der Waals surface area contributed by atoms with Gasteiger partial charge in [0.15, 0.2) is 5.82 Å². The Hall–Kier alpha value is -1.56. The SMILES string of the molecule is Cc1nnnn1-c1cccc(NC2CCSC2C)c1. The van der Waals surface area contributed by atoms with Crippen molar-refractivity contribution < 1.29 is 0 Å². The lowest BCUT2D eigenvalue weighted by molar-refractivity contribution is 0.723. The molecule has 6 heteroatoms. The number of aromatic nitrogens is 4. The summed E-state index contributed by atoms with van der Waals surface area (Å²) < 4.78 is 1.75. The minimum atomic E-state index is 0.551. The summed E-state index contributed by atoms with van der Waals surface area (Å²) in [6, 6.07) is 8.79. The first-order valence-corrected chi connectivity index (χ1v) is 7.52. The molecule has 0 amide bonds. The van der Waals surface area contributed by atoms with E-state index in [-0.39, 0.29) is 0 Å². The van der Waals surface area contributed by atoms with E-state index in [0.717, 1.165) is 17.2 Å². The highest BCUT2D eigenvalue weighted by Gasteiger charge is 2.23. The van der Waals surface area contributed by atoms with Gasteiger partial charge in [-0.15, -0.1) is 5.10 Å². The van der Waals surface area contributed by atoms with Crippen LogP contribution in [0.2, 0.25) is 0 Å². The van der Waals surface area contributed by atoms with Crippen LogP contribution in [0.25, 0.3) is 5.69 Å². The highest BCUT2D eigenvalue weighted by atomic mass is 32.2. The Balaban J connectivity index is 1.82. The van der Waals surface area contributed by atoms with Crippen LogP contribution >= 0.6 is 11.8 Å². The summed E-state index contributed by atoms with van der Waals surface area (Å²) in [5.74, 6) is 2.03. The van der Waals surface area contributed by atoms with Gasteiger partial charge in [-0.1, -0.05) is 13.0 Å². The van der Waals surface area contributed by atoms with Crippen LogP contribution in [0.5, 0.6) is 0 Å². The smallest absolute Gasteiger partial charge is 0.153 e. The second-order valence-electron chi connectivity index (χ2n) is 4.80. The maximum atomic E-state index is 4.00. The van der Waals surface area contributed by atoms with Crippen molar-refractivity contribution in [1.29, 1.82) is 0 Å². The molecule has 0 radical (unpaired) electrons. The van der Waals surface area contributed by atoms with Gasteiger partial charge in [-0.3, -0.25) is 0 Å². The van der Waals surface area contributed by atoms with E-state index in [1.807, 2.05) is 30.8 Å². The predicted octanol–water partition coefficient (Wildman–Crippen LogP) is 2.28. The van der Waals surface area contributed by atoms with E-state index in [2.05, 4.69) is 39.9 Å². The predicted molar refractivity (Wildman–Crippen MR) is 77.8 cm³/mol. The minimum absolute atomic E-state index is 0.551. The molecule has 2 aromatic rings. The summed E-state index contributed by atoms with van der Waals surface area (Å²) in [7, 11) is 0. The molecule has 2 heterocycles. The monoisotopic (exact) mass is 275 g/mol. The van der Waals surface area contributed by atoms with E-state index in [4.69, 9.17) is 0 Å². The van der Waals surface area contributed by atoms with Gasteiger partial charge in [0.2, 0.25) is 0 Å². The van der Waals surface area contributed by atoms with Crippen molar-refractivity contribution in [2.75, 3.05) is 11.1 Å². The molecule has 1 aliphatic rings. The second kappa shape index (κ2) is 5.21. The summed E-state index contributed by atoms with van der Waals surface area (Å²) in [5, 5.41) is 15.9. The van der Waals surface area contributed by atoms with Crippen LogP contribution in [0.1, 0.15) is 19.2 Å². The van der Waals surface area contributed by atoms with E-state index < -0.39 is 0 Å². The third kappa shape index (κ3) is 2.58. The minimum Gasteiger partial charge on any atom is -0.381 e. The Morgan fingerprint density at radius 1 is 1.42 bits per heavy atom. The van der Waals surface area contributed by atoms with Crippen molar-refractivity contribution in [3.63, 3.8) is 0 Å². The number of aryl methyl sites for hydroxylation is 1.